The summed E-state index contributed by atoms with van der Waals surface area (Å²) in [4.78, 5) is 28.8. The lowest BCUT2D eigenvalue weighted by atomic mass is 9.95. The van der Waals surface area contributed by atoms with Gasteiger partial charge in [0.2, 0.25) is 21.8 Å². The van der Waals surface area contributed by atoms with Crippen molar-refractivity contribution in [3.05, 3.63) is 59.2 Å². The predicted molar refractivity (Wildman–Crippen MR) is 160 cm³/mol. The van der Waals surface area contributed by atoms with E-state index in [1.165, 1.54) is 17.0 Å². The molecule has 1 fully saturated rings. The molecule has 0 spiro atoms. The van der Waals surface area contributed by atoms with Crippen LogP contribution in [-0.2, 0) is 26.2 Å². The fourth-order valence-electron chi connectivity index (χ4n) is 5.36. The van der Waals surface area contributed by atoms with E-state index in [9.17, 15) is 18.0 Å². The number of rotatable bonds is 13. The first-order valence-corrected chi connectivity index (χ1v) is 16.2. The minimum absolute atomic E-state index is 0.121. The lowest BCUT2D eigenvalue weighted by Gasteiger charge is -2.33. The molecule has 0 aromatic heterocycles. The monoisotopic (exact) mass is 571 g/mol. The third-order valence-electron chi connectivity index (χ3n) is 7.63. The molecule has 220 valence electrons. The summed E-state index contributed by atoms with van der Waals surface area (Å²) in [5.41, 5.74) is 3.34. The van der Waals surface area contributed by atoms with E-state index < -0.39 is 16.1 Å². The Kier molecular flexibility index (Phi) is 11.4. The number of benzene rings is 2. The quantitative estimate of drug-likeness (QED) is 0.360. The number of nitrogens with one attached hydrogen (secondary N) is 1. The Balaban J connectivity index is 1.78. The second kappa shape index (κ2) is 14.5. The number of aryl methyl sites for hydroxylation is 2. The van der Waals surface area contributed by atoms with E-state index in [-0.39, 0.29) is 37.4 Å². The second-order valence-electron chi connectivity index (χ2n) is 10.9. The van der Waals surface area contributed by atoms with Crippen LogP contribution in [0, 0.1) is 13.8 Å². The summed E-state index contributed by atoms with van der Waals surface area (Å²) in [7, 11) is -1.95. The van der Waals surface area contributed by atoms with Crippen molar-refractivity contribution in [1.29, 1.82) is 0 Å². The number of hydrogen-bond acceptors (Lipinski definition) is 5. The molecule has 9 heteroatoms. The molecule has 0 radical (unpaired) electrons. The number of sulfonamides is 1. The molecule has 0 saturated heterocycles. The minimum Gasteiger partial charge on any atom is -0.497 e. The normalized spacial score (nSPS) is 14.8. The van der Waals surface area contributed by atoms with Gasteiger partial charge in [-0.3, -0.25) is 13.9 Å². The van der Waals surface area contributed by atoms with Crippen molar-refractivity contribution < 1.29 is 22.7 Å². The molecule has 0 bridgehead atoms. The Labute approximate surface area is 240 Å². The number of carbonyl (C=O) groups excluding carboxylic acids is 2. The molecule has 2 aromatic rings. The Morgan fingerprint density at radius 2 is 1.73 bits per heavy atom. The van der Waals surface area contributed by atoms with Gasteiger partial charge in [0.15, 0.2) is 0 Å². The van der Waals surface area contributed by atoms with E-state index in [2.05, 4.69) is 5.32 Å². The Hall–Kier alpha value is -3.07. The number of anilines is 1. The van der Waals surface area contributed by atoms with Crippen molar-refractivity contribution in [3.8, 4) is 5.75 Å². The number of nitrogens with zero attached hydrogens (tertiary/aromatic N) is 2. The van der Waals surface area contributed by atoms with E-state index in [1.807, 2.05) is 63.2 Å². The zero-order chi connectivity index (χ0) is 29.3. The van der Waals surface area contributed by atoms with E-state index in [0.29, 0.717) is 18.5 Å². The molecular weight excluding hydrogens is 526 g/mol. The van der Waals surface area contributed by atoms with Gasteiger partial charge < -0.3 is 15.0 Å². The number of amides is 2. The number of hydrogen-bond donors (Lipinski definition) is 1. The Bertz CT molecular complexity index is 1240. The summed E-state index contributed by atoms with van der Waals surface area (Å²) in [5.74, 6) is 0.427. The average Bonchev–Trinajstić information content (AvgIpc) is 2.92. The van der Waals surface area contributed by atoms with E-state index in [4.69, 9.17) is 4.74 Å². The topological polar surface area (TPSA) is 96.0 Å². The van der Waals surface area contributed by atoms with Gasteiger partial charge in [-0.15, -0.1) is 0 Å². The van der Waals surface area contributed by atoms with Gasteiger partial charge in [0.25, 0.3) is 0 Å². The first-order chi connectivity index (χ1) is 19.0. The van der Waals surface area contributed by atoms with Gasteiger partial charge in [-0.25, -0.2) is 8.42 Å². The lowest BCUT2D eigenvalue weighted by Crippen LogP contribution is -2.51. The van der Waals surface area contributed by atoms with Crippen LogP contribution < -0.4 is 14.4 Å². The van der Waals surface area contributed by atoms with Gasteiger partial charge in [0.1, 0.15) is 11.8 Å². The summed E-state index contributed by atoms with van der Waals surface area (Å²) in [6, 6.07) is 12.7. The van der Waals surface area contributed by atoms with E-state index in [0.717, 1.165) is 48.1 Å². The molecule has 0 heterocycles. The maximum Gasteiger partial charge on any atom is 0.243 e. The van der Waals surface area contributed by atoms with Crippen LogP contribution in [0.25, 0.3) is 0 Å². The second-order valence-corrected chi connectivity index (χ2v) is 12.8. The predicted octanol–water partition coefficient (Wildman–Crippen LogP) is 5.11. The summed E-state index contributed by atoms with van der Waals surface area (Å²) in [6.07, 6.45) is 7.47. The highest BCUT2D eigenvalue weighted by atomic mass is 32.2. The third-order valence-corrected chi connectivity index (χ3v) is 8.81. The SMILES string of the molecule is CC[C@@H](C(=O)NC1CCCCC1)N(Cc1ccc(OC)cc1)C(=O)CCCN(c1cc(C)ccc1C)S(C)(=O)=O. The first kappa shape index (κ1) is 31.5. The van der Waals surface area contributed by atoms with Crippen LogP contribution in [0.15, 0.2) is 42.5 Å². The highest BCUT2D eigenvalue weighted by Gasteiger charge is 2.30. The van der Waals surface area contributed by atoms with Crippen molar-refractivity contribution in [2.45, 2.75) is 90.8 Å². The van der Waals surface area contributed by atoms with Crippen LogP contribution in [0.1, 0.15) is 75.0 Å². The van der Waals surface area contributed by atoms with Crippen LogP contribution in [0.4, 0.5) is 5.69 Å². The number of ether oxygens (including phenoxy) is 1. The first-order valence-electron chi connectivity index (χ1n) is 14.3. The van der Waals surface area contributed by atoms with Crippen molar-refractivity contribution in [2.75, 3.05) is 24.2 Å². The molecule has 1 aliphatic rings. The minimum atomic E-state index is -3.55. The lowest BCUT2D eigenvalue weighted by molar-refractivity contribution is -0.141. The average molecular weight is 572 g/mol. The molecule has 0 aliphatic heterocycles. The van der Waals surface area contributed by atoms with Gasteiger partial charge in [-0.2, -0.15) is 0 Å². The molecule has 40 heavy (non-hydrogen) atoms. The number of carbonyl (C=O) groups is 2. The molecule has 2 aromatic carbocycles. The van der Waals surface area contributed by atoms with Crippen molar-refractivity contribution >= 4 is 27.5 Å². The molecule has 3 rings (SSSR count). The van der Waals surface area contributed by atoms with Crippen LogP contribution in [0.5, 0.6) is 5.75 Å². The fraction of sp³-hybridized carbons (Fsp3) is 0.548. The summed E-state index contributed by atoms with van der Waals surface area (Å²) in [5, 5.41) is 3.20. The largest absolute Gasteiger partial charge is 0.497 e. The van der Waals surface area contributed by atoms with Crippen LogP contribution in [0.2, 0.25) is 0 Å². The summed E-state index contributed by atoms with van der Waals surface area (Å²) in [6.45, 7) is 6.19. The number of methoxy groups -OCH3 is 1. The smallest absolute Gasteiger partial charge is 0.243 e. The van der Waals surface area contributed by atoms with Crippen molar-refractivity contribution in [1.82, 2.24) is 10.2 Å². The highest BCUT2D eigenvalue weighted by molar-refractivity contribution is 7.92. The Morgan fingerprint density at radius 1 is 1.05 bits per heavy atom. The van der Waals surface area contributed by atoms with E-state index >= 15 is 0 Å². The maximum atomic E-state index is 13.7. The van der Waals surface area contributed by atoms with Gasteiger partial charge in [-0.05, 0) is 74.4 Å². The molecule has 1 aliphatic carbocycles. The fourth-order valence-corrected chi connectivity index (χ4v) is 6.38. The van der Waals surface area contributed by atoms with Crippen molar-refractivity contribution in [3.63, 3.8) is 0 Å². The zero-order valence-corrected chi connectivity index (χ0v) is 25.4. The molecule has 1 N–H and O–H groups in total. The molecule has 8 nitrogen and oxygen atoms in total. The highest BCUT2D eigenvalue weighted by Crippen LogP contribution is 2.25. The van der Waals surface area contributed by atoms with E-state index in [1.54, 1.807) is 12.0 Å². The standard InChI is InChI=1S/C31H45N3O5S/c1-6-28(31(36)32-26-11-8-7-9-12-26)33(22-25-16-18-27(39-4)19-17-25)30(35)13-10-20-34(40(5,37)38)29-21-23(2)14-15-24(29)3/h14-19,21,26,28H,6-13,20,22H2,1-5H3,(H,32,36)/t28-/m0/s1. The summed E-state index contributed by atoms with van der Waals surface area (Å²) >= 11 is 0. The zero-order valence-electron chi connectivity index (χ0n) is 24.6. The van der Waals surface area contributed by atoms with Gasteiger partial charge >= 0.3 is 0 Å². The summed E-state index contributed by atoms with van der Waals surface area (Å²) < 4.78 is 32.0. The van der Waals surface area contributed by atoms with Crippen LogP contribution >= 0.6 is 0 Å². The third kappa shape index (κ3) is 8.71. The Morgan fingerprint density at radius 3 is 2.33 bits per heavy atom. The molecule has 1 saturated carbocycles. The van der Waals surface area contributed by atoms with Gasteiger partial charge in [-0.1, -0.05) is 50.5 Å². The molecular formula is C31H45N3O5S. The molecule has 0 unspecified atom stereocenters. The van der Waals surface area contributed by atoms with Gasteiger partial charge in [0.05, 0.1) is 19.1 Å². The van der Waals surface area contributed by atoms with Crippen LogP contribution in [0.3, 0.4) is 0 Å². The van der Waals surface area contributed by atoms with Gasteiger partial charge in [0, 0.05) is 25.6 Å². The van der Waals surface area contributed by atoms with Crippen LogP contribution in [-0.4, -0.2) is 57.1 Å². The molecule has 2 amide bonds. The van der Waals surface area contributed by atoms with Crippen molar-refractivity contribution in [2.24, 2.45) is 0 Å². The molecule has 1 atom stereocenters. The maximum absolute atomic E-state index is 13.7.